The van der Waals surface area contributed by atoms with Crippen LogP contribution in [0.25, 0.3) is 22.3 Å². The van der Waals surface area contributed by atoms with Crippen molar-refractivity contribution in [1.29, 1.82) is 0 Å². The van der Waals surface area contributed by atoms with Crippen molar-refractivity contribution >= 4 is 11.0 Å². The number of hydrogen-bond donors (Lipinski definition) is 6. The van der Waals surface area contributed by atoms with Crippen LogP contribution in [-0.4, -0.2) is 68.5 Å². The fourth-order valence-electron chi connectivity index (χ4n) is 4.13. The number of aromatic hydroxyl groups is 2. The zero-order valence-electron chi connectivity index (χ0n) is 16.9. The molecule has 2 aliphatic heterocycles. The molecule has 2 aliphatic rings. The topological polar surface area (TPSA) is 179 Å². The van der Waals surface area contributed by atoms with E-state index >= 15 is 0 Å². The summed E-state index contributed by atoms with van der Waals surface area (Å²) in [4.78, 5) is 12.9. The first-order chi connectivity index (χ1) is 15.8. The summed E-state index contributed by atoms with van der Waals surface area (Å²) in [6, 6.07) is 6.86. The number of phenolic OH excluding ortho intramolecular Hbond substituents is 2. The molecule has 1 fully saturated rings. The Morgan fingerprint density at radius 2 is 1.67 bits per heavy atom. The molecule has 0 radical (unpaired) electrons. The van der Waals surface area contributed by atoms with Gasteiger partial charge in [0.2, 0.25) is 6.79 Å². The lowest BCUT2D eigenvalue weighted by Gasteiger charge is -2.40. The summed E-state index contributed by atoms with van der Waals surface area (Å²) >= 11 is 0. The lowest BCUT2D eigenvalue weighted by atomic mass is 9.89. The van der Waals surface area contributed by atoms with Gasteiger partial charge in [0, 0.05) is 17.7 Å². The minimum absolute atomic E-state index is 0.0451. The fourth-order valence-corrected chi connectivity index (χ4v) is 4.13. The van der Waals surface area contributed by atoms with Crippen LogP contribution in [0.1, 0.15) is 11.7 Å². The van der Waals surface area contributed by atoms with E-state index in [1.165, 1.54) is 0 Å². The molecule has 1 aromatic heterocycles. The highest BCUT2D eigenvalue weighted by molar-refractivity contribution is 5.89. The number of phenols is 2. The molecule has 0 amide bonds. The Morgan fingerprint density at radius 3 is 2.42 bits per heavy atom. The summed E-state index contributed by atoms with van der Waals surface area (Å²) in [6.45, 7) is -0.645. The van der Waals surface area contributed by atoms with E-state index in [9.17, 15) is 35.4 Å². The fraction of sp³-hybridized carbons (Fsp3) is 0.318. The lowest BCUT2D eigenvalue weighted by molar-refractivity contribution is -0.231. The van der Waals surface area contributed by atoms with Gasteiger partial charge in [0.15, 0.2) is 22.5 Å². The van der Waals surface area contributed by atoms with Gasteiger partial charge in [0.05, 0.1) is 12.2 Å². The first kappa shape index (κ1) is 21.5. The Bertz CT molecular complexity index is 1280. The zero-order chi connectivity index (χ0) is 23.4. The smallest absolute Gasteiger partial charge is 0.231 e. The predicted molar refractivity (Wildman–Crippen MR) is 110 cm³/mol. The number of ether oxygens (including phenoxy) is 3. The van der Waals surface area contributed by atoms with E-state index in [0.29, 0.717) is 17.1 Å². The second-order valence-corrected chi connectivity index (χ2v) is 7.83. The van der Waals surface area contributed by atoms with Gasteiger partial charge in [-0.2, -0.15) is 0 Å². The van der Waals surface area contributed by atoms with E-state index in [1.54, 1.807) is 18.2 Å². The number of rotatable bonds is 3. The molecular weight excluding hydrogens is 440 g/mol. The molecule has 0 spiro atoms. The highest BCUT2D eigenvalue weighted by Gasteiger charge is 2.46. The molecule has 2 aromatic carbocycles. The number of aliphatic hydroxyl groups is 4. The van der Waals surface area contributed by atoms with E-state index in [4.69, 9.17) is 18.6 Å². The van der Waals surface area contributed by atoms with Crippen LogP contribution in [0, 0.1) is 0 Å². The summed E-state index contributed by atoms with van der Waals surface area (Å²) in [5, 5.41) is 60.9. The van der Waals surface area contributed by atoms with Crippen molar-refractivity contribution in [3.05, 3.63) is 46.1 Å². The maximum Gasteiger partial charge on any atom is 0.231 e. The van der Waals surface area contributed by atoms with Crippen LogP contribution in [0.5, 0.6) is 23.0 Å². The molecule has 5 rings (SSSR count). The van der Waals surface area contributed by atoms with Crippen molar-refractivity contribution in [2.75, 3.05) is 13.4 Å². The van der Waals surface area contributed by atoms with Crippen LogP contribution >= 0.6 is 0 Å². The van der Waals surface area contributed by atoms with Gasteiger partial charge < -0.3 is 49.3 Å². The van der Waals surface area contributed by atoms with E-state index in [2.05, 4.69) is 0 Å². The largest absolute Gasteiger partial charge is 0.507 e. The monoisotopic (exact) mass is 460 g/mol. The van der Waals surface area contributed by atoms with Gasteiger partial charge >= 0.3 is 0 Å². The molecule has 6 N–H and O–H groups in total. The Morgan fingerprint density at radius 1 is 0.909 bits per heavy atom. The van der Waals surface area contributed by atoms with Crippen LogP contribution in [0.4, 0.5) is 0 Å². The van der Waals surface area contributed by atoms with E-state index in [0.717, 1.165) is 12.1 Å². The summed E-state index contributed by atoms with van der Waals surface area (Å²) in [7, 11) is 0. The zero-order valence-corrected chi connectivity index (χ0v) is 16.9. The Hall–Kier alpha value is -3.35. The summed E-state index contributed by atoms with van der Waals surface area (Å²) in [6.07, 6.45) is -7.86. The molecule has 3 heterocycles. The van der Waals surface area contributed by atoms with Crippen molar-refractivity contribution < 1.29 is 49.3 Å². The van der Waals surface area contributed by atoms with Gasteiger partial charge in [0.1, 0.15) is 53.2 Å². The van der Waals surface area contributed by atoms with Crippen LogP contribution in [0.15, 0.2) is 39.5 Å². The Kier molecular flexibility index (Phi) is 5.15. The van der Waals surface area contributed by atoms with Crippen LogP contribution in [0.3, 0.4) is 0 Å². The standard InChI is InChI=1S/C22H20O11/c23-6-15-18(27)19(28)20(29)22(33-15)17-10(25)4-9(24)16-11(26)5-13(32-21(16)17)8-1-2-12-14(3-8)31-7-30-12/h1-5,15,18-20,22-25,27-29H,6-7H2/t15-,18-,19+,20-,22+/m1/s1. The number of benzene rings is 2. The van der Waals surface area contributed by atoms with Crippen molar-refractivity contribution in [3.63, 3.8) is 0 Å². The normalized spacial score (nSPS) is 26.6. The van der Waals surface area contributed by atoms with Crippen molar-refractivity contribution in [3.8, 4) is 34.3 Å². The molecule has 0 bridgehead atoms. The van der Waals surface area contributed by atoms with Crippen LogP contribution in [0.2, 0.25) is 0 Å². The molecule has 174 valence electrons. The van der Waals surface area contributed by atoms with Gasteiger partial charge in [-0.15, -0.1) is 0 Å². The first-order valence-corrected chi connectivity index (χ1v) is 10.0. The summed E-state index contributed by atoms with van der Waals surface area (Å²) in [5.41, 5.74) is -0.746. The van der Waals surface area contributed by atoms with Crippen LogP contribution in [-0.2, 0) is 4.74 Å². The van der Waals surface area contributed by atoms with Crippen LogP contribution < -0.4 is 14.9 Å². The molecule has 3 aromatic rings. The van der Waals surface area contributed by atoms with E-state index in [-0.39, 0.29) is 29.1 Å². The van der Waals surface area contributed by atoms with Crippen molar-refractivity contribution in [1.82, 2.24) is 0 Å². The molecule has 5 atom stereocenters. The minimum Gasteiger partial charge on any atom is -0.507 e. The quantitative estimate of drug-likeness (QED) is 0.312. The minimum atomic E-state index is -1.75. The molecule has 33 heavy (non-hydrogen) atoms. The van der Waals surface area contributed by atoms with Gasteiger partial charge in [0.25, 0.3) is 0 Å². The Labute approximate surface area is 185 Å². The molecule has 0 unspecified atom stereocenters. The predicted octanol–water partition coefficient (Wildman–Crippen LogP) is 0.115. The highest BCUT2D eigenvalue weighted by atomic mass is 16.7. The second-order valence-electron chi connectivity index (χ2n) is 7.83. The maximum atomic E-state index is 12.9. The third-order valence-electron chi connectivity index (χ3n) is 5.83. The highest BCUT2D eigenvalue weighted by Crippen LogP contribution is 2.44. The number of fused-ring (bicyclic) bond motifs is 2. The second kappa shape index (κ2) is 7.90. The summed E-state index contributed by atoms with van der Waals surface area (Å²) < 4.78 is 22.1. The van der Waals surface area contributed by atoms with Crippen molar-refractivity contribution in [2.45, 2.75) is 30.5 Å². The third-order valence-corrected chi connectivity index (χ3v) is 5.83. The number of hydrogen-bond acceptors (Lipinski definition) is 11. The van der Waals surface area contributed by atoms with Gasteiger partial charge in [-0.25, -0.2) is 0 Å². The van der Waals surface area contributed by atoms with Crippen molar-refractivity contribution in [2.24, 2.45) is 0 Å². The number of aliphatic hydroxyl groups excluding tert-OH is 4. The average molecular weight is 460 g/mol. The van der Waals surface area contributed by atoms with Gasteiger partial charge in [-0.05, 0) is 18.2 Å². The molecule has 11 heteroatoms. The van der Waals surface area contributed by atoms with Gasteiger partial charge in [-0.3, -0.25) is 4.79 Å². The molecule has 1 saturated heterocycles. The first-order valence-electron chi connectivity index (χ1n) is 10.0. The Balaban J connectivity index is 1.72. The molecular formula is C22H20O11. The molecule has 0 saturated carbocycles. The lowest BCUT2D eigenvalue weighted by Crippen LogP contribution is -2.55. The van der Waals surface area contributed by atoms with E-state index < -0.39 is 54.1 Å². The molecule has 0 aliphatic carbocycles. The SMILES string of the molecule is O=c1cc(-c2ccc3c(c2)OCO3)oc2c([C@@H]3O[C@H](CO)[C@@H](O)[C@H](O)[C@H]3O)c(O)cc(O)c12. The average Bonchev–Trinajstić information content (AvgIpc) is 3.26. The molecule has 11 nitrogen and oxygen atoms in total. The summed E-state index contributed by atoms with van der Waals surface area (Å²) in [5.74, 6) is -0.152. The van der Waals surface area contributed by atoms with E-state index in [1.807, 2.05) is 0 Å². The third kappa shape index (κ3) is 3.37. The van der Waals surface area contributed by atoms with Gasteiger partial charge in [-0.1, -0.05) is 0 Å². The maximum absolute atomic E-state index is 12.9.